The molecule has 2 N–H and O–H groups in total. The molecule has 0 atom stereocenters. The lowest BCUT2D eigenvalue weighted by Gasteiger charge is -2.08. The highest BCUT2D eigenvalue weighted by molar-refractivity contribution is 5.91. The maximum atomic E-state index is 12.3. The highest BCUT2D eigenvalue weighted by Gasteiger charge is 2.10. The molecule has 0 unspecified atom stereocenters. The lowest BCUT2D eigenvalue weighted by molar-refractivity contribution is 0.0734. The molecule has 0 radical (unpaired) electrons. The summed E-state index contributed by atoms with van der Waals surface area (Å²) in [7, 11) is 0. The van der Waals surface area contributed by atoms with Gasteiger partial charge in [0.05, 0.1) is 17.9 Å². The molecule has 6 heteroatoms. The van der Waals surface area contributed by atoms with E-state index in [0.29, 0.717) is 29.2 Å². The first-order valence-electron chi connectivity index (χ1n) is 9.66. The highest BCUT2D eigenvalue weighted by atomic mass is 16.5. The smallest absolute Gasteiger partial charge is 0.343 e. The molecule has 0 saturated carbocycles. The number of esters is 1. The number of nitrogens with zero attached hydrogens (tertiary/aromatic N) is 1. The number of hydrogen-bond donors (Lipinski definition) is 2. The van der Waals surface area contributed by atoms with E-state index in [1.54, 1.807) is 48.5 Å². The molecular weight excluding hydrogens is 382 g/mol. The van der Waals surface area contributed by atoms with Gasteiger partial charge in [-0.2, -0.15) is 0 Å². The van der Waals surface area contributed by atoms with Crippen molar-refractivity contribution < 1.29 is 24.5 Å². The minimum Gasteiger partial charge on any atom is -0.508 e. The molecule has 0 aliphatic rings. The summed E-state index contributed by atoms with van der Waals surface area (Å²) in [5.41, 5.74) is 1.48. The highest BCUT2D eigenvalue weighted by Crippen LogP contribution is 2.25. The minimum absolute atomic E-state index is 0.0671. The summed E-state index contributed by atoms with van der Waals surface area (Å²) in [5.74, 6) is 0.488. The molecule has 0 aliphatic carbocycles. The van der Waals surface area contributed by atoms with Crippen LogP contribution >= 0.6 is 0 Å². The summed E-state index contributed by atoms with van der Waals surface area (Å²) in [4.78, 5) is 16.6. The van der Waals surface area contributed by atoms with Crippen molar-refractivity contribution in [3.63, 3.8) is 0 Å². The largest absolute Gasteiger partial charge is 0.508 e. The van der Waals surface area contributed by atoms with Gasteiger partial charge < -0.3 is 19.7 Å². The molecule has 30 heavy (non-hydrogen) atoms. The molecular formula is C24H23NO5. The maximum absolute atomic E-state index is 12.3. The van der Waals surface area contributed by atoms with Crippen LogP contribution in [0.5, 0.6) is 23.0 Å². The quantitative estimate of drug-likeness (QED) is 0.231. The molecule has 154 valence electrons. The molecule has 0 saturated heterocycles. The van der Waals surface area contributed by atoms with Gasteiger partial charge in [0.15, 0.2) is 0 Å². The van der Waals surface area contributed by atoms with Gasteiger partial charge in [0.25, 0.3) is 0 Å². The first kappa shape index (κ1) is 20.9. The SMILES string of the molecule is CCCCOc1ccc(C(=O)Oc2ccc(C=Nc3ccc(O)cc3)c(O)c2)cc1. The topological polar surface area (TPSA) is 88.4 Å². The van der Waals surface area contributed by atoms with Crippen molar-refractivity contribution in [1.82, 2.24) is 0 Å². The minimum atomic E-state index is -0.528. The third-order valence-corrected chi connectivity index (χ3v) is 4.27. The summed E-state index contributed by atoms with van der Waals surface area (Å²) in [6.07, 6.45) is 3.52. The Kier molecular flexibility index (Phi) is 7.05. The van der Waals surface area contributed by atoms with E-state index in [2.05, 4.69) is 11.9 Å². The number of unbranched alkanes of at least 4 members (excludes halogenated alkanes) is 1. The molecule has 0 spiro atoms. The van der Waals surface area contributed by atoms with E-state index in [-0.39, 0.29) is 17.2 Å². The Labute approximate surface area is 175 Å². The van der Waals surface area contributed by atoms with Crippen molar-refractivity contribution in [3.8, 4) is 23.0 Å². The summed E-state index contributed by atoms with van der Waals surface area (Å²) in [6, 6.07) is 17.6. The Hall–Kier alpha value is -3.80. The first-order valence-corrected chi connectivity index (χ1v) is 9.66. The number of phenolic OH excluding ortho intramolecular Hbond substituents is 2. The van der Waals surface area contributed by atoms with Crippen molar-refractivity contribution in [2.24, 2.45) is 4.99 Å². The average molecular weight is 405 g/mol. The van der Waals surface area contributed by atoms with E-state index >= 15 is 0 Å². The van der Waals surface area contributed by atoms with E-state index in [4.69, 9.17) is 9.47 Å². The molecule has 3 aromatic carbocycles. The number of ether oxygens (including phenoxy) is 2. The Morgan fingerprint density at radius 3 is 2.33 bits per heavy atom. The van der Waals surface area contributed by atoms with Crippen LogP contribution in [0.25, 0.3) is 0 Å². The zero-order valence-electron chi connectivity index (χ0n) is 16.6. The number of benzene rings is 3. The zero-order chi connectivity index (χ0) is 21.3. The van der Waals surface area contributed by atoms with Crippen LogP contribution in [0.15, 0.2) is 71.7 Å². The predicted molar refractivity (Wildman–Crippen MR) is 115 cm³/mol. The maximum Gasteiger partial charge on any atom is 0.343 e. The number of phenols is 2. The van der Waals surface area contributed by atoms with Gasteiger partial charge in [-0.05, 0) is 67.1 Å². The van der Waals surface area contributed by atoms with Crippen LogP contribution in [-0.4, -0.2) is 29.0 Å². The lowest BCUT2D eigenvalue weighted by Crippen LogP contribution is -2.08. The fourth-order valence-electron chi connectivity index (χ4n) is 2.57. The standard InChI is InChI=1S/C24H23NO5/c1-2-3-14-29-21-11-4-17(5-12-21)24(28)30-22-13-6-18(23(27)15-22)16-25-19-7-9-20(26)10-8-19/h4-13,15-16,26-27H,2-3,14H2,1H3. The van der Waals surface area contributed by atoms with Crippen LogP contribution in [0.1, 0.15) is 35.7 Å². The van der Waals surface area contributed by atoms with Gasteiger partial charge in [0.2, 0.25) is 0 Å². The molecule has 0 bridgehead atoms. The van der Waals surface area contributed by atoms with Crippen LogP contribution in [0, 0.1) is 0 Å². The van der Waals surface area contributed by atoms with Crippen molar-refractivity contribution in [3.05, 3.63) is 77.9 Å². The van der Waals surface area contributed by atoms with Crippen LogP contribution in [0.2, 0.25) is 0 Å². The van der Waals surface area contributed by atoms with Gasteiger partial charge in [-0.3, -0.25) is 4.99 Å². The summed E-state index contributed by atoms with van der Waals surface area (Å²) >= 11 is 0. The van der Waals surface area contributed by atoms with E-state index in [1.807, 2.05) is 0 Å². The monoisotopic (exact) mass is 405 g/mol. The predicted octanol–water partition coefficient (Wildman–Crippen LogP) is 5.25. The average Bonchev–Trinajstić information content (AvgIpc) is 2.75. The molecule has 0 aliphatic heterocycles. The van der Waals surface area contributed by atoms with Crippen molar-refractivity contribution in [2.45, 2.75) is 19.8 Å². The number of carbonyl (C=O) groups is 1. The second kappa shape index (κ2) is 10.1. The van der Waals surface area contributed by atoms with Crippen molar-refractivity contribution in [1.29, 1.82) is 0 Å². The number of carbonyl (C=O) groups excluding carboxylic acids is 1. The summed E-state index contributed by atoms with van der Waals surface area (Å²) in [5, 5.41) is 19.5. The third kappa shape index (κ3) is 5.85. The molecule has 0 aromatic heterocycles. The van der Waals surface area contributed by atoms with E-state index in [1.165, 1.54) is 24.4 Å². The molecule has 0 fully saturated rings. The Morgan fingerprint density at radius 1 is 0.967 bits per heavy atom. The Bertz CT molecular complexity index is 1010. The number of aromatic hydroxyl groups is 2. The molecule has 3 aromatic rings. The number of hydrogen-bond acceptors (Lipinski definition) is 6. The van der Waals surface area contributed by atoms with E-state index < -0.39 is 5.97 Å². The van der Waals surface area contributed by atoms with Gasteiger partial charge >= 0.3 is 5.97 Å². The Balaban J connectivity index is 1.62. The van der Waals surface area contributed by atoms with Crippen LogP contribution in [0.3, 0.4) is 0 Å². The molecule has 0 heterocycles. The van der Waals surface area contributed by atoms with Crippen molar-refractivity contribution >= 4 is 17.9 Å². The molecule has 0 amide bonds. The zero-order valence-corrected chi connectivity index (χ0v) is 16.6. The normalized spacial score (nSPS) is 10.8. The molecule has 3 rings (SSSR count). The van der Waals surface area contributed by atoms with E-state index in [0.717, 1.165) is 12.8 Å². The Morgan fingerprint density at radius 2 is 1.67 bits per heavy atom. The van der Waals surface area contributed by atoms with Gasteiger partial charge in [-0.15, -0.1) is 0 Å². The molecule has 6 nitrogen and oxygen atoms in total. The summed E-state index contributed by atoms with van der Waals surface area (Å²) in [6.45, 7) is 2.73. The van der Waals surface area contributed by atoms with Crippen LogP contribution in [-0.2, 0) is 0 Å². The van der Waals surface area contributed by atoms with Crippen LogP contribution < -0.4 is 9.47 Å². The number of rotatable bonds is 8. The second-order valence-corrected chi connectivity index (χ2v) is 6.61. The van der Waals surface area contributed by atoms with Gasteiger partial charge in [-0.1, -0.05) is 13.3 Å². The van der Waals surface area contributed by atoms with Crippen molar-refractivity contribution in [2.75, 3.05) is 6.61 Å². The third-order valence-electron chi connectivity index (χ3n) is 4.27. The fraction of sp³-hybridized carbons (Fsp3) is 0.167. The fourth-order valence-corrected chi connectivity index (χ4v) is 2.57. The van der Waals surface area contributed by atoms with Gasteiger partial charge in [0, 0.05) is 17.8 Å². The van der Waals surface area contributed by atoms with E-state index in [9.17, 15) is 15.0 Å². The number of aliphatic imine (C=N–C) groups is 1. The lowest BCUT2D eigenvalue weighted by atomic mass is 10.2. The van der Waals surface area contributed by atoms with Gasteiger partial charge in [-0.25, -0.2) is 4.79 Å². The van der Waals surface area contributed by atoms with Crippen LogP contribution in [0.4, 0.5) is 5.69 Å². The second-order valence-electron chi connectivity index (χ2n) is 6.61. The first-order chi connectivity index (χ1) is 14.5. The summed E-state index contributed by atoms with van der Waals surface area (Å²) < 4.78 is 10.9. The van der Waals surface area contributed by atoms with Gasteiger partial charge in [0.1, 0.15) is 23.0 Å².